The predicted molar refractivity (Wildman–Crippen MR) is 149 cm³/mol. The zero-order valence-electron chi connectivity index (χ0n) is 23.3. The Labute approximate surface area is 220 Å². The molecule has 0 radical (unpaired) electrons. The molecule has 0 bridgehead atoms. The molecular weight excluding hydrogens is 477 g/mol. The number of hydrogen-bond acceptors (Lipinski definition) is 5. The van der Waals surface area contributed by atoms with E-state index in [1.165, 1.54) is 37.9 Å². The van der Waals surface area contributed by atoms with Crippen LogP contribution >= 0.6 is 11.6 Å². The van der Waals surface area contributed by atoms with Gasteiger partial charge >= 0.3 is 0 Å². The minimum absolute atomic E-state index is 0.0233. The Bertz CT molecular complexity index is 1140. The van der Waals surface area contributed by atoms with Gasteiger partial charge in [0.15, 0.2) is 5.82 Å². The molecule has 3 rings (SSSR count). The van der Waals surface area contributed by atoms with Crippen LogP contribution in [0.4, 0.5) is 10.3 Å². The first kappa shape index (κ1) is 30.0. The molecule has 1 unspecified atom stereocenters. The van der Waals surface area contributed by atoms with Crippen LogP contribution in [0.3, 0.4) is 0 Å². The molecule has 0 saturated carbocycles. The molecule has 0 aliphatic rings. The van der Waals surface area contributed by atoms with Crippen molar-refractivity contribution in [3.05, 3.63) is 35.0 Å². The topological polar surface area (TPSA) is 75.9 Å². The van der Waals surface area contributed by atoms with E-state index < -0.39 is 11.4 Å². The van der Waals surface area contributed by atoms with Gasteiger partial charge in [-0.05, 0) is 51.7 Å². The van der Waals surface area contributed by atoms with Crippen LogP contribution in [-0.4, -0.2) is 31.7 Å². The molecule has 1 atom stereocenters. The Kier molecular flexibility index (Phi) is 10.7. The monoisotopic (exact) mass is 519 g/mol. The number of aliphatic hydroxyl groups is 1. The average Bonchev–Trinajstić information content (AvgIpc) is 3.20. The van der Waals surface area contributed by atoms with Crippen molar-refractivity contribution in [2.45, 2.75) is 92.7 Å². The van der Waals surface area contributed by atoms with E-state index in [-0.39, 0.29) is 11.6 Å². The van der Waals surface area contributed by atoms with Crippen molar-refractivity contribution >= 4 is 28.6 Å². The highest BCUT2D eigenvalue weighted by Gasteiger charge is 2.28. The van der Waals surface area contributed by atoms with Crippen molar-refractivity contribution in [2.75, 3.05) is 12.4 Å². The summed E-state index contributed by atoms with van der Waals surface area (Å²) in [5.41, 5.74) is 0.518. The van der Waals surface area contributed by atoms with Crippen molar-refractivity contribution in [3.63, 3.8) is 0 Å². The van der Waals surface area contributed by atoms with E-state index >= 15 is 0 Å². The van der Waals surface area contributed by atoms with Gasteiger partial charge in [0.25, 0.3) is 0 Å². The number of anilines is 1. The van der Waals surface area contributed by atoms with Crippen molar-refractivity contribution in [1.29, 1.82) is 0 Å². The standard InChI is InChI=1S/C18H21ClFN5O.C10H22/c1-9(2)25-13-7-10(14-11(19)8-22-17(21-5)24-14)6-12(20)15(13)23-16(25)18(3,4)26;1-5-6-10(4)8-7-9(2)3/h6-9,26H,1-5H3,(H,21,22,24);9-10H,5-8H2,1-4H3. The summed E-state index contributed by atoms with van der Waals surface area (Å²) in [4.78, 5) is 12.7. The van der Waals surface area contributed by atoms with Gasteiger partial charge in [0.05, 0.1) is 22.4 Å². The van der Waals surface area contributed by atoms with Gasteiger partial charge in [0.1, 0.15) is 16.9 Å². The van der Waals surface area contributed by atoms with Gasteiger partial charge in [0.2, 0.25) is 5.95 Å². The Balaban J connectivity index is 0.000000388. The molecule has 36 heavy (non-hydrogen) atoms. The van der Waals surface area contributed by atoms with Crippen molar-refractivity contribution in [1.82, 2.24) is 19.5 Å². The van der Waals surface area contributed by atoms with Gasteiger partial charge in [-0.3, -0.25) is 0 Å². The number of fused-ring (bicyclic) bond motifs is 1. The summed E-state index contributed by atoms with van der Waals surface area (Å²) in [7, 11) is 1.69. The third-order valence-electron chi connectivity index (χ3n) is 6.07. The highest BCUT2D eigenvalue weighted by molar-refractivity contribution is 6.33. The van der Waals surface area contributed by atoms with Crippen LogP contribution in [0, 0.1) is 17.7 Å². The van der Waals surface area contributed by atoms with Gasteiger partial charge in [-0.15, -0.1) is 0 Å². The summed E-state index contributed by atoms with van der Waals surface area (Å²) in [6.45, 7) is 16.4. The molecule has 3 aromatic rings. The number of nitrogens with one attached hydrogen (secondary N) is 1. The van der Waals surface area contributed by atoms with Crippen molar-refractivity contribution in [2.24, 2.45) is 11.8 Å². The first-order valence-corrected chi connectivity index (χ1v) is 13.3. The molecule has 8 heteroatoms. The second kappa shape index (κ2) is 12.8. The van der Waals surface area contributed by atoms with Gasteiger partial charge in [-0.1, -0.05) is 65.0 Å². The van der Waals surface area contributed by atoms with Crippen LogP contribution in [0.2, 0.25) is 5.02 Å². The summed E-state index contributed by atoms with van der Waals surface area (Å²) in [5, 5.41) is 13.6. The van der Waals surface area contributed by atoms with Gasteiger partial charge < -0.3 is 15.0 Å². The first-order chi connectivity index (χ1) is 16.8. The van der Waals surface area contributed by atoms with Crippen molar-refractivity contribution < 1.29 is 9.50 Å². The summed E-state index contributed by atoms with van der Waals surface area (Å²) in [6, 6.07) is 3.11. The van der Waals surface area contributed by atoms with Gasteiger partial charge in [0, 0.05) is 18.7 Å². The maximum absolute atomic E-state index is 14.8. The zero-order valence-corrected chi connectivity index (χ0v) is 24.0. The highest BCUT2D eigenvalue weighted by Crippen LogP contribution is 2.34. The molecule has 1 aromatic carbocycles. The lowest BCUT2D eigenvalue weighted by Crippen LogP contribution is -2.23. The normalized spacial score (nSPS) is 12.7. The molecule has 2 heterocycles. The predicted octanol–water partition coefficient (Wildman–Crippen LogP) is 7.99. The molecule has 0 saturated heterocycles. The second-order valence-corrected chi connectivity index (χ2v) is 11.2. The summed E-state index contributed by atoms with van der Waals surface area (Å²) in [5.74, 6) is 2.14. The van der Waals surface area contributed by atoms with Crippen molar-refractivity contribution in [3.8, 4) is 11.3 Å². The molecular formula is C28H43ClFN5O. The summed E-state index contributed by atoms with van der Waals surface area (Å²) < 4.78 is 16.7. The van der Waals surface area contributed by atoms with E-state index in [2.05, 4.69) is 48.0 Å². The number of imidazole rings is 1. The van der Waals surface area contributed by atoms with Crippen LogP contribution in [-0.2, 0) is 5.60 Å². The molecule has 2 N–H and O–H groups in total. The van der Waals surface area contributed by atoms with E-state index in [1.54, 1.807) is 27.0 Å². The number of benzene rings is 1. The number of aromatic nitrogens is 4. The summed E-state index contributed by atoms with van der Waals surface area (Å²) in [6.07, 6.45) is 7.05. The fourth-order valence-corrected chi connectivity index (χ4v) is 4.39. The average molecular weight is 520 g/mol. The Hall–Kier alpha value is -2.25. The molecule has 0 aliphatic heterocycles. The smallest absolute Gasteiger partial charge is 0.223 e. The van der Waals surface area contributed by atoms with Crippen LogP contribution in [0.1, 0.15) is 92.9 Å². The molecule has 0 aliphatic carbocycles. The lowest BCUT2D eigenvalue weighted by atomic mass is 9.96. The minimum Gasteiger partial charge on any atom is -0.383 e. The Morgan fingerprint density at radius 1 is 1.08 bits per heavy atom. The third-order valence-corrected chi connectivity index (χ3v) is 6.35. The largest absolute Gasteiger partial charge is 0.383 e. The quantitative estimate of drug-likeness (QED) is 0.299. The van der Waals surface area contributed by atoms with Gasteiger partial charge in [-0.25, -0.2) is 19.3 Å². The fourth-order valence-electron chi connectivity index (χ4n) is 4.19. The lowest BCUT2D eigenvalue weighted by Gasteiger charge is -2.21. The number of hydrogen-bond donors (Lipinski definition) is 2. The number of nitrogens with zero attached hydrogens (tertiary/aromatic N) is 4. The van der Waals surface area contributed by atoms with E-state index in [9.17, 15) is 9.50 Å². The Morgan fingerprint density at radius 2 is 1.75 bits per heavy atom. The van der Waals surface area contributed by atoms with E-state index in [4.69, 9.17) is 11.6 Å². The van der Waals surface area contributed by atoms with Crippen LogP contribution in [0.15, 0.2) is 18.3 Å². The number of rotatable bonds is 9. The minimum atomic E-state index is -1.21. The molecule has 0 fully saturated rings. The maximum atomic E-state index is 14.8. The number of halogens is 2. The van der Waals surface area contributed by atoms with E-state index in [0.717, 1.165) is 11.8 Å². The van der Waals surface area contributed by atoms with Gasteiger partial charge in [-0.2, -0.15) is 0 Å². The maximum Gasteiger partial charge on any atom is 0.223 e. The summed E-state index contributed by atoms with van der Waals surface area (Å²) >= 11 is 6.23. The third kappa shape index (κ3) is 7.62. The SMILES string of the molecule is CCCC(C)CCC(C)C.CNc1ncc(Cl)c(-c2cc(F)c3nc(C(C)(C)O)n(C(C)C)c3c2)n1. The van der Waals surface area contributed by atoms with Crippen LogP contribution in [0.5, 0.6) is 0 Å². The van der Waals surface area contributed by atoms with E-state index in [1.807, 2.05) is 18.4 Å². The molecule has 0 spiro atoms. The lowest BCUT2D eigenvalue weighted by molar-refractivity contribution is 0.0641. The molecule has 200 valence electrons. The molecule has 6 nitrogen and oxygen atoms in total. The highest BCUT2D eigenvalue weighted by atomic mass is 35.5. The van der Waals surface area contributed by atoms with E-state index in [0.29, 0.717) is 33.6 Å². The Morgan fingerprint density at radius 3 is 2.28 bits per heavy atom. The fraction of sp³-hybridized carbons (Fsp3) is 0.607. The molecule has 2 aromatic heterocycles. The second-order valence-electron chi connectivity index (χ2n) is 10.8. The van der Waals surface area contributed by atoms with Crippen LogP contribution < -0.4 is 5.32 Å². The first-order valence-electron chi connectivity index (χ1n) is 12.9. The zero-order chi connectivity index (χ0) is 27.2. The molecule has 0 amide bonds. The van der Waals surface area contributed by atoms with Crippen LogP contribution in [0.25, 0.3) is 22.3 Å².